The number of amides is 4. The molecule has 8 heteroatoms. The van der Waals surface area contributed by atoms with Crippen LogP contribution >= 0.6 is 11.6 Å². The van der Waals surface area contributed by atoms with E-state index in [9.17, 15) is 14.4 Å². The van der Waals surface area contributed by atoms with Gasteiger partial charge in [0.1, 0.15) is 17.8 Å². The van der Waals surface area contributed by atoms with Crippen molar-refractivity contribution < 1.29 is 19.1 Å². The number of carbonyl (C=O) groups is 3. The van der Waals surface area contributed by atoms with Gasteiger partial charge in [0.15, 0.2) is 0 Å². The minimum atomic E-state index is -1.09. The molecule has 0 saturated carbocycles. The Balaban J connectivity index is 1.52. The third-order valence-electron chi connectivity index (χ3n) is 5.39. The lowest BCUT2D eigenvalue weighted by atomic mass is 9.76. The Morgan fingerprint density at radius 3 is 2.83 bits per heavy atom. The van der Waals surface area contributed by atoms with Crippen LogP contribution in [0.4, 0.5) is 10.5 Å². The molecule has 1 fully saturated rings. The van der Waals surface area contributed by atoms with Crippen molar-refractivity contribution in [1.29, 1.82) is 0 Å². The first kappa shape index (κ1) is 19.3. The van der Waals surface area contributed by atoms with E-state index in [4.69, 9.17) is 16.3 Å². The molecule has 150 valence electrons. The number of halogens is 1. The summed E-state index contributed by atoms with van der Waals surface area (Å²) < 4.78 is 5.08. The van der Waals surface area contributed by atoms with E-state index in [0.717, 1.165) is 28.9 Å². The molecule has 0 aromatic heterocycles. The summed E-state index contributed by atoms with van der Waals surface area (Å²) in [5.41, 5.74) is 1.22. The lowest BCUT2D eigenvalue weighted by Crippen LogP contribution is -2.47. The number of nitrogens with one attached hydrogen (secondary N) is 2. The maximum absolute atomic E-state index is 13.2. The number of imide groups is 1. The quantitative estimate of drug-likeness (QED) is 0.754. The second-order valence-electron chi connectivity index (χ2n) is 7.13. The number of rotatable bonds is 4. The number of carbonyl (C=O) groups excluding carboxylic acids is 3. The molecule has 1 atom stereocenters. The van der Waals surface area contributed by atoms with Gasteiger partial charge in [-0.25, -0.2) is 4.79 Å². The minimum absolute atomic E-state index is 0.345. The summed E-state index contributed by atoms with van der Waals surface area (Å²) in [7, 11) is 1.50. The summed E-state index contributed by atoms with van der Waals surface area (Å²) in [6.45, 7) is -0.377. The topological polar surface area (TPSA) is 87.7 Å². The van der Waals surface area contributed by atoms with E-state index in [1.807, 2.05) is 24.3 Å². The number of benzene rings is 2. The zero-order chi connectivity index (χ0) is 20.6. The van der Waals surface area contributed by atoms with Crippen LogP contribution in [0.15, 0.2) is 42.5 Å². The van der Waals surface area contributed by atoms with Gasteiger partial charge in [-0.05, 0) is 48.6 Å². The van der Waals surface area contributed by atoms with Crippen molar-refractivity contribution in [3.05, 3.63) is 58.6 Å². The fourth-order valence-electron chi connectivity index (χ4n) is 4.04. The average molecular weight is 414 g/mol. The number of methoxy groups -OCH3 is 1. The molecule has 2 aromatic carbocycles. The van der Waals surface area contributed by atoms with Gasteiger partial charge in [-0.2, -0.15) is 0 Å². The van der Waals surface area contributed by atoms with Crippen molar-refractivity contribution in [2.45, 2.75) is 24.8 Å². The lowest BCUT2D eigenvalue weighted by molar-refractivity contribution is -0.134. The number of fused-ring (bicyclic) bond motifs is 2. The van der Waals surface area contributed by atoms with E-state index in [-0.39, 0.29) is 6.54 Å². The smallest absolute Gasteiger partial charge is 0.325 e. The minimum Gasteiger partial charge on any atom is -0.495 e. The van der Waals surface area contributed by atoms with Crippen molar-refractivity contribution in [3.8, 4) is 5.75 Å². The number of anilines is 1. The summed E-state index contributed by atoms with van der Waals surface area (Å²) >= 11 is 6.07. The average Bonchev–Trinajstić information content (AvgIpc) is 2.93. The number of ether oxygens (including phenoxy) is 1. The molecular weight excluding hydrogens is 394 g/mol. The number of hydrogen-bond donors (Lipinski definition) is 2. The maximum atomic E-state index is 13.2. The summed E-state index contributed by atoms with van der Waals surface area (Å²) in [4.78, 5) is 39.2. The SMILES string of the molecule is COc1ccc(NC(=O)CN2C(=O)N[C@]3(CCCc4ccccc43)C2=O)cc1Cl. The van der Waals surface area contributed by atoms with Gasteiger partial charge in [-0.1, -0.05) is 35.9 Å². The Hall–Kier alpha value is -3.06. The summed E-state index contributed by atoms with van der Waals surface area (Å²) in [5, 5.41) is 5.84. The largest absolute Gasteiger partial charge is 0.495 e. The van der Waals surface area contributed by atoms with Gasteiger partial charge >= 0.3 is 6.03 Å². The first-order chi connectivity index (χ1) is 13.9. The van der Waals surface area contributed by atoms with Crippen molar-refractivity contribution in [3.63, 3.8) is 0 Å². The highest BCUT2D eigenvalue weighted by Crippen LogP contribution is 2.39. The zero-order valence-electron chi connectivity index (χ0n) is 15.8. The summed E-state index contributed by atoms with van der Waals surface area (Å²) in [6.07, 6.45) is 2.16. The van der Waals surface area contributed by atoms with Crippen LogP contribution in [0, 0.1) is 0 Å². The monoisotopic (exact) mass is 413 g/mol. The first-order valence-electron chi connectivity index (χ1n) is 9.30. The molecule has 0 radical (unpaired) electrons. The van der Waals surface area contributed by atoms with E-state index < -0.39 is 23.4 Å². The van der Waals surface area contributed by atoms with Crippen LogP contribution in [0.3, 0.4) is 0 Å². The van der Waals surface area contributed by atoms with Gasteiger partial charge in [0.2, 0.25) is 5.91 Å². The fraction of sp³-hybridized carbons (Fsp3) is 0.286. The van der Waals surface area contributed by atoms with Crippen LogP contribution in [0.1, 0.15) is 24.0 Å². The molecule has 1 saturated heterocycles. The van der Waals surface area contributed by atoms with E-state index in [0.29, 0.717) is 22.9 Å². The van der Waals surface area contributed by atoms with Crippen molar-refractivity contribution in [2.75, 3.05) is 19.0 Å². The number of aryl methyl sites for hydroxylation is 1. The lowest BCUT2D eigenvalue weighted by Gasteiger charge is -2.33. The molecule has 1 heterocycles. The van der Waals surface area contributed by atoms with E-state index in [2.05, 4.69) is 10.6 Å². The molecular formula is C21H20ClN3O4. The highest BCUT2D eigenvalue weighted by Gasteiger charge is 2.54. The van der Waals surface area contributed by atoms with Gasteiger partial charge in [-0.3, -0.25) is 14.5 Å². The Labute approximate surface area is 173 Å². The van der Waals surface area contributed by atoms with Gasteiger partial charge in [0.05, 0.1) is 12.1 Å². The Kier molecular flexibility index (Phi) is 4.92. The Bertz CT molecular complexity index is 1010. The zero-order valence-corrected chi connectivity index (χ0v) is 16.6. The van der Waals surface area contributed by atoms with Gasteiger partial charge in [0.25, 0.3) is 5.91 Å². The van der Waals surface area contributed by atoms with Crippen LogP contribution in [-0.4, -0.2) is 36.4 Å². The van der Waals surface area contributed by atoms with Crippen LogP contribution in [0.25, 0.3) is 0 Å². The molecule has 0 bridgehead atoms. The number of nitrogens with zero attached hydrogens (tertiary/aromatic N) is 1. The number of urea groups is 1. The second kappa shape index (κ2) is 7.40. The Morgan fingerprint density at radius 2 is 2.07 bits per heavy atom. The van der Waals surface area contributed by atoms with Gasteiger partial charge < -0.3 is 15.4 Å². The summed E-state index contributed by atoms with van der Waals surface area (Å²) in [5.74, 6) is -0.398. The fourth-order valence-corrected chi connectivity index (χ4v) is 4.30. The highest BCUT2D eigenvalue weighted by molar-refractivity contribution is 6.32. The van der Waals surface area contributed by atoms with Gasteiger partial charge in [0, 0.05) is 5.69 Å². The third-order valence-corrected chi connectivity index (χ3v) is 5.68. The molecule has 1 aliphatic carbocycles. The molecule has 29 heavy (non-hydrogen) atoms. The predicted octanol–water partition coefficient (Wildman–Crippen LogP) is 3.07. The van der Waals surface area contributed by atoms with Crippen LogP contribution < -0.4 is 15.4 Å². The van der Waals surface area contributed by atoms with Crippen molar-refractivity contribution in [1.82, 2.24) is 10.2 Å². The molecule has 0 unspecified atom stereocenters. The first-order valence-corrected chi connectivity index (χ1v) is 9.68. The third kappa shape index (κ3) is 3.31. The van der Waals surface area contributed by atoms with E-state index in [1.165, 1.54) is 7.11 Å². The second-order valence-corrected chi connectivity index (χ2v) is 7.54. The number of hydrogen-bond acceptors (Lipinski definition) is 4. The molecule has 1 aliphatic heterocycles. The molecule has 4 rings (SSSR count). The maximum Gasteiger partial charge on any atom is 0.325 e. The molecule has 7 nitrogen and oxygen atoms in total. The van der Waals surface area contributed by atoms with Crippen LogP contribution in [-0.2, 0) is 21.5 Å². The van der Waals surface area contributed by atoms with Crippen LogP contribution in [0.2, 0.25) is 5.02 Å². The molecule has 4 amide bonds. The normalized spacial score (nSPS) is 20.4. The van der Waals surface area contributed by atoms with Crippen LogP contribution in [0.5, 0.6) is 5.75 Å². The molecule has 2 N–H and O–H groups in total. The highest BCUT2D eigenvalue weighted by atomic mass is 35.5. The van der Waals surface area contributed by atoms with Gasteiger partial charge in [-0.15, -0.1) is 0 Å². The molecule has 2 aliphatic rings. The van der Waals surface area contributed by atoms with Crippen molar-refractivity contribution >= 4 is 35.1 Å². The Morgan fingerprint density at radius 1 is 1.28 bits per heavy atom. The standard InChI is InChI=1S/C21H20ClN3O4/c1-29-17-9-8-14(11-16(17)22)23-18(26)12-25-19(27)21(24-20(25)28)10-4-6-13-5-2-3-7-15(13)21/h2-3,5,7-9,11H,4,6,10,12H2,1H3,(H,23,26)(H,24,28)/t21-/m0/s1. The molecule has 2 aromatic rings. The summed E-state index contributed by atoms with van der Waals surface area (Å²) in [6, 6.07) is 11.9. The van der Waals surface area contributed by atoms with E-state index >= 15 is 0 Å². The van der Waals surface area contributed by atoms with Crippen molar-refractivity contribution in [2.24, 2.45) is 0 Å². The predicted molar refractivity (Wildman–Crippen MR) is 108 cm³/mol. The van der Waals surface area contributed by atoms with E-state index in [1.54, 1.807) is 18.2 Å². The molecule has 1 spiro atoms.